The number of nitrogens with one attached hydrogen (secondary N) is 3. The van der Waals surface area contributed by atoms with Crippen molar-refractivity contribution in [3.63, 3.8) is 0 Å². The van der Waals surface area contributed by atoms with Crippen LogP contribution in [0, 0.1) is 0 Å². The van der Waals surface area contributed by atoms with E-state index in [4.69, 9.17) is 9.47 Å². The standard InChI is InChI=1S/C21H27N3O3/c1-26-19-8-4-5-9-20(19)27-18-12-10-16(11-13-18)24-21(25)23-15-17-7-3-2-6-14-22-17/h4-5,8-13,17,22H,2-3,6-7,14-15H2,1H3,(H2,23,24,25)/t17-/m1/s1. The van der Waals surface area contributed by atoms with E-state index in [1.807, 2.05) is 48.5 Å². The highest BCUT2D eigenvalue weighted by Crippen LogP contribution is 2.31. The third-order valence-electron chi connectivity index (χ3n) is 4.58. The lowest BCUT2D eigenvalue weighted by Crippen LogP contribution is -2.41. The molecule has 0 unspecified atom stereocenters. The second-order valence-corrected chi connectivity index (χ2v) is 6.61. The van der Waals surface area contributed by atoms with Crippen LogP contribution in [0.15, 0.2) is 48.5 Å². The maximum atomic E-state index is 12.1. The fraction of sp³-hybridized carbons (Fsp3) is 0.381. The second-order valence-electron chi connectivity index (χ2n) is 6.61. The minimum atomic E-state index is -0.195. The Balaban J connectivity index is 1.49. The van der Waals surface area contributed by atoms with E-state index in [-0.39, 0.29) is 6.03 Å². The van der Waals surface area contributed by atoms with Gasteiger partial charge in [0.05, 0.1) is 7.11 Å². The molecule has 0 bridgehead atoms. The van der Waals surface area contributed by atoms with Gasteiger partial charge in [-0.3, -0.25) is 0 Å². The van der Waals surface area contributed by atoms with Crippen molar-refractivity contribution in [2.45, 2.75) is 31.7 Å². The van der Waals surface area contributed by atoms with Gasteiger partial charge in [-0.2, -0.15) is 0 Å². The molecule has 2 aromatic carbocycles. The maximum Gasteiger partial charge on any atom is 0.319 e. The van der Waals surface area contributed by atoms with E-state index >= 15 is 0 Å². The molecule has 0 spiro atoms. The van der Waals surface area contributed by atoms with E-state index in [0.717, 1.165) is 13.0 Å². The molecule has 0 radical (unpaired) electrons. The van der Waals surface area contributed by atoms with Gasteiger partial charge in [0.1, 0.15) is 5.75 Å². The van der Waals surface area contributed by atoms with Gasteiger partial charge in [-0.1, -0.05) is 25.0 Å². The van der Waals surface area contributed by atoms with Crippen LogP contribution in [0.5, 0.6) is 17.2 Å². The summed E-state index contributed by atoms with van der Waals surface area (Å²) < 4.78 is 11.1. The average Bonchev–Trinajstić information content (AvgIpc) is 2.97. The fourth-order valence-electron chi connectivity index (χ4n) is 3.10. The lowest BCUT2D eigenvalue weighted by molar-refractivity contribution is 0.250. The van der Waals surface area contributed by atoms with Gasteiger partial charge in [-0.05, 0) is 55.8 Å². The number of ether oxygens (including phenoxy) is 2. The summed E-state index contributed by atoms with van der Waals surface area (Å²) in [5.74, 6) is 1.99. The molecule has 1 aliphatic heterocycles. The lowest BCUT2D eigenvalue weighted by atomic mass is 10.1. The number of hydrogen-bond acceptors (Lipinski definition) is 4. The van der Waals surface area contributed by atoms with Gasteiger partial charge in [-0.15, -0.1) is 0 Å². The fourth-order valence-corrected chi connectivity index (χ4v) is 3.10. The van der Waals surface area contributed by atoms with Crippen molar-refractivity contribution in [3.8, 4) is 17.2 Å². The number of urea groups is 1. The molecule has 6 nitrogen and oxygen atoms in total. The van der Waals surface area contributed by atoms with Crippen LogP contribution in [-0.4, -0.2) is 32.3 Å². The molecule has 1 heterocycles. The van der Waals surface area contributed by atoms with Crippen LogP contribution in [0.2, 0.25) is 0 Å². The molecule has 3 rings (SSSR count). The predicted octanol–water partition coefficient (Wildman–Crippen LogP) is 4.14. The predicted molar refractivity (Wildman–Crippen MR) is 107 cm³/mol. The molecule has 6 heteroatoms. The molecule has 2 aromatic rings. The number of methoxy groups -OCH3 is 1. The SMILES string of the molecule is COc1ccccc1Oc1ccc(NC(=O)NC[C@H]2CCCCCN2)cc1. The number of hydrogen-bond donors (Lipinski definition) is 3. The van der Waals surface area contributed by atoms with Gasteiger partial charge >= 0.3 is 6.03 Å². The van der Waals surface area contributed by atoms with Crippen LogP contribution in [0.3, 0.4) is 0 Å². The van der Waals surface area contributed by atoms with Crippen LogP contribution in [0.4, 0.5) is 10.5 Å². The molecule has 0 aromatic heterocycles. The van der Waals surface area contributed by atoms with E-state index in [1.54, 1.807) is 7.11 Å². The number of carbonyl (C=O) groups excluding carboxylic acids is 1. The van der Waals surface area contributed by atoms with E-state index in [9.17, 15) is 4.79 Å². The Labute approximate surface area is 160 Å². The van der Waals surface area contributed by atoms with E-state index in [1.165, 1.54) is 19.3 Å². The van der Waals surface area contributed by atoms with Crippen molar-refractivity contribution >= 4 is 11.7 Å². The number of anilines is 1. The summed E-state index contributed by atoms with van der Waals surface area (Å²) in [4.78, 5) is 12.1. The summed E-state index contributed by atoms with van der Waals surface area (Å²) >= 11 is 0. The first-order chi connectivity index (χ1) is 13.2. The van der Waals surface area contributed by atoms with Crippen molar-refractivity contribution in [1.29, 1.82) is 0 Å². The molecule has 1 atom stereocenters. The van der Waals surface area contributed by atoms with Crippen LogP contribution in [-0.2, 0) is 0 Å². The summed E-state index contributed by atoms with van der Waals surface area (Å²) in [6.45, 7) is 1.67. The second kappa shape index (κ2) is 9.83. The summed E-state index contributed by atoms with van der Waals surface area (Å²) in [5.41, 5.74) is 0.716. The van der Waals surface area contributed by atoms with Gasteiger partial charge in [-0.25, -0.2) is 4.79 Å². The molecule has 1 aliphatic rings. The van der Waals surface area contributed by atoms with Crippen molar-refractivity contribution in [2.75, 3.05) is 25.5 Å². The Kier molecular flexibility index (Phi) is 6.93. The molecular formula is C21H27N3O3. The molecule has 0 aliphatic carbocycles. The highest BCUT2D eigenvalue weighted by atomic mass is 16.5. The van der Waals surface area contributed by atoms with Crippen LogP contribution >= 0.6 is 0 Å². The molecule has 0 saturated carbocycles. The number of benzene rings is 2. The Hall–Kier alpha value is -2.73. The zero-order valence-corrected chi connectivity index (χ0v) is 15.7. The summed E-state index contributed by atoms with van der Waals surface area (Å²) in [7, 11) is 1.61. The smallest absolute Gasteiger partial charge is 0.319 e. The van der Waals surface area contributed by atoms with Gasteiger partial charge in [0.15, 0.2) is 11.5 Å². The van der Waals surface area contributed by atoms with Crippen molar-refractivity contribution in [2.24, 2.45) is 0 Å². The van der Waals surface area contributed by atoms with Crippen molar-refractivity contribution < 1.29 is 14.3 Å². The summed E-state index contributed by atoms with van der Waals surface area (Å²) in [5, 5.41) is 9.26. The van der Waals surface area contributed by atoms with Gasteiger partial charge in [0.25, 0.3) is 0 Å². The third kappa shape index (κ3) is 5.89. The molecular weight excluding hydrogens is 342 g/mol. The Morgan fingerprint density at radius 3 is 2.63 bits per heavy atom. The van der Waals surface area contributed by atoms with Gasteiger partial charge in [0.2, 0.25) is 0 Å². The summed E-state index contributed by atoms with van der Waals surface area (Å²) in [6, 6.07) is 14.9. The Morgan fingerprint density at radius 1 is 1.07 bits per heavy atom. The van der Waals surface area contributed by atoms with Crippen LogP contribution < -0.4 is 25.4 Å². The van der Waals surface area contributed by atoms with Crippen molar-refractivity contribution in [1.82, 2.24) is 10.6 Å². The first-order valence-corrected chi connectivity index (χ1v) is 9.44. The largest absolute Gasteiger partial charge is 0.493 e. The van der Waals surface area contributed by atoms with Crippen LogP contribution in [0.1, 0.15) is 25.7 Å². The topological polar surface area (TPSA) is 71.6 Å². The third-order valence-corrected chi connectivity index (χ3v) is 4.58. The Bertz CT molecular complexity index is 726. The molecule has 3 N–H and O–H groups in total. The van der Waals surface area contributed by atoms with E-state index < -0.39 is 0 Å². The zero-order chi connectivity index (χ0) is 18.9. The van der Waals surface area contributed by atoms with Gasteiger partial charge in [0, 0.05) is 18.3 Å². The number of rotatable bonds is 6. The van der Waals surface area contributed by atoms with E-state index in [0.29, 0.717) is 35.5 Å². The average molecular weight is 369 g/mol. The lowest BCUT2D eigenvalue weighted by Gasteiger charge is -2.16. The first-order valence-electron chi connectivity index (χ1n) is 9.44. The summed E-state index contributed by atoms with van der Waals surface area (Å²) in [6.07, 6.45) is 4.80. The minimum absolute atomic E-state index is 0.195. The minimum Gasteiger partial charge on any atom is -0.493 e. The monoisotopic (exact) mass is 369 g/mol. The molecule has 144 valence electrons. The molecule has 27 heavy (non-hydrogen) atoms. The number of carbonyl (C=O) groups is 1. The Morgan fingerprint density at radius 2 is 1.85 bits per heavy atom. The number of amides is 2. The van der Waals surface area contributed by atoms with Crippen LogP contribution in [0.25, 0.3) is 0 Å². The molecule has 1 saturated heterocycles. The van der Waals surface area contributed by atoms with Crippen molar-refractivity contribution in [3.05, 3.63) is 48.5 Å². The molecule has 1 fully saturated rings. The molecule has 2 amide bonds. The zero-order valence-electron chi connectivity index (χ0n) is 15.7. The normalized spacial score (nSPS) is 16.9. The highest BCUT2D eigenvalue weighted by Gasteiger charge is 2.12. The van der Waals surface area contributed by atoms with Gasteiger partial charge < -0.3 is 25.4 Å². The quantitative estimate of drug-likeness (QED) is 0.716. The maximum absolute atomic E-state index is 12.1. The number of para-hydroxylation sites is 2. The van der Waals surface area contributed by atoms with E-state index in [2.05, 4.69) is 16.0 Å². The first kappa shape index (κ1) is 19.0. The highest BCUT2D eigenvalue weighted by molar-refractivity contribution is 5.89.